The zero-order valence-electron chi connectivity index (χ0n) is 10.5. The van der Waals surface area contributed by atoms with Gasteiger partial charge < -0.3 is 9.73 Å². The molecular weight excluding hydrogens is 232 g/mol. The summed E-state index contributed by atoms with van der Waals surface area (Å²) in [5.74, 6) is 2.20. The third kappa shape index (κ3) is 3.80. The topological polar surface area (TPSA) is 37.5 Å². The molecule has 0 spiro atoms. The van der Waals surface area contributed by atoms with Crippen LogP contribution in [0.3, 0.4) is 0 Å². The van der Waals surface area contributed by atoms with E-state index in [1.165, 1.54) is 12.2 Å². The molecule has 1 aliphatic rings. The Kier molecular flexibility index (Phi) is 4.54. The summed E-state index contributed by atoms with van der Waals surface area (Å²) < 4.78 is 5.35. The molecule has 94 valence electrons. The molecule has 3 nitrogen and oxygen atoms in total. The van der Waals surface area contributed by atoms with E-state index in [4.69, 9.17) is 9.41 Å². The van der Waals surface area contributed by atoms with Crippen molar-refractivity contribution in [2.75, 3.05) is 5.75 Å². The van der Waals surface area contributed by atoms with E-state index in [0.29, 0.717) is 12.1 Å². The molecule has 0 radical (unpaired) electrons. The summed E-state index contributed by atoms with van der Waals surface area (Å²) in [6.45, 7) is 4.37. The molecule has 1 aliphatic heterocycles. The van der Waals surface area contributed by atoms with Crippen molar-refractivity contribution >= 4 is 16.9 Å². The number of rotatable bonds is 4. The standard InChI is InChI=1S/C13H20N2OS/c1-3-11-6-8-17-13(15-11)14-10(2)9-12-5-4-7-16-12/h4-5,7,10-11H,3,6,8-9H2,1-2H3,(H,14,15). The van der Waals surface area contributed by atoms with Crippen molar-refractivity contribution in [2.24, 2.45) is 4.99 Å². The first kappa shape index (κ1) is 12.6. The fourth-order valence-corrected chi connectivity index (χ4v) is 3.02. The van der Waals surface area contributed by atoms with E-state index < -0.39 is 0 Å². The highest BCUT2D eigenvalue weighted by atomic mass is 32.2. The van der Waals surface area contributed by atoms with Crippen LogP contribution in [0, 0.1) is 0 Å². The fraction of sp³-hybridized carbons (Fsp3) is 0.615. The Bertz CT molecular complexity index is 362. The second-order valence-electron chi connectivity index (χ2n) is 4.46. The van der Waals surface area contributed by atoms with Gasteiger partial charge >= 0.3 is 0 Å². The number of thioether (sulfide) groups is 1. The zero-order valence-corrected chi connectivity index (χ0v) is 11.3. The summed E-state index contributed by atoms with van der Waals surface area (Å²) >= 11 is 1.83. The maximum absolute atomic E-state index is 5.35. The third-order valence-electron chi connectivity index (χ3n) is 2.92. The second-order valence-corrected chi connectivity index (χ2v) is 5.55. The monoisotopic (exact) mass is 252 g/mol. The molecule has 2 heterocycles. The van der Waals surface area contributed by atoms with Gasteiger partial charge in [-0.1, -0.05) is 18.7 Å². The van der Waals surface area contributed by atoms with E-state index in [-0.39, 0.29) is 0 Å². The minimum absolute atomic E-state index is 0.364. The Labute approximate surface area is 107 Å². The van der Waals surface area contributed by atoms with Crippen LogP contribution in [-0.4, -0.2) is 23.0 Å². The van der Waals surface area contributed by atoms with E-state index in [1.54, 1.807) is 6.26 Å². The van der Waals surface area contributed by atoms with Gasteiger partial charge in [-0.25, -0.2) is 0 Å². The van der Waals surface area contributed by atoms with Crippen molar-refractivity contribution in [1.82, 2.24) is 5.32 Å². The van der Waals surface area contributed by atoms with Crippen LogP contribution in [0.25, 0.3) is 0 Å². The molecule has 0 aromatic carbocycles. The highest BCUT2D eigenvalue weighted by molar-refractivity contribution is 8.13. The molecule has 0 fully saturated rings. The van der Waals surface area contributed by atoms with E-state index in [1.807, 2.05) is 23.9 Å². The normalized spacial score (nSPS) is 22.0. The Morgan fingerprint density at radius 3 is 3.24 bits per heavy atom. The van der Waals surface area contributed by atoms with Crippen molar-refractivity contribution in [3.63, 3.8) is 0 Å². The van der Waals surface area contributed by atoms with Crippen LogP contribution in [0.15, 0.2) is 27.8 Å². The van der Waals surface area contributed by atoms with Gasteiger partial charge in [0.15, 0.2) is 5.17 Å². The maximum atomic E-state index is 5.35. The molecule has 2 rings (SSSR count). The first-order valence-corrected chi connectivity index (χ1v) is 7.26. The molecule has 1 N–H and O–H groups in total. The maximum Gasteiger partial charge on any atom is 0.157 e. The lowest BCUT2D eigenvalue weighted by Gasteiger charge is -2.22. The van der Waals surface area contributed by atoms with Crippen LogP contribution in [0.2, 0.25) is 0 Å². The first-order valence-electron chi connectivity index (χ1n) is 6.27. The van der Waals surface area contributed by atoms with Crippen LogP contribution in [0.4, 0.5) is 0 Å². The van der Waals surface area contributed by atoms with Crippen molar-refractivity contribution in [3.8, 4) is 0 Å². The summed E-state index contributed by atoms with van der Waals surface area (Å²) in [4.78, 5) is 4.71. The van der Waals surface area contributed by atoms with E-state index >= 15 is 0 Å². The van der Waals surface area contributed by atoms with E-state index in [9.17, 15) is 0 Å². The summed E-state index contributed by atoms with van der Waals surface area (Å²) in [7, 11) is 0. The van der Waals surface area contributed by atoms with Crippen molar-refractivity contribution in [1.29, 1.82) is 0 Å². The summed E-state index contributed by atoms with van der Waals surface area (Å²) in [6, 6.07) is 4.82. The van der Waals surface area contributed by atoms with Crippen molar-refractivity contribution < 1.29 is 4.42 Å². The van der Waals surface area contributed by atoms with Gasteiger partial charge in [-0.05, 0) is 31.9 Å². The van der Waals surface area contributed by atoms with Crippen LogP contribution in [0.1, 0.15) is 32.4 Å². The number of hydrogen-bond donors (Lipinski definition) is 1. The SMILES string of the molecule is CCC1CCSC(NC(C)Cc2ccco2)=N1. The molecule has 0 amide bonds. The minimum atomic E-state index is 0.364. The Balaban J connectivity index is 1.85. The van der Waals surface area contributed by atoms with Gasteiger partial charge in [-0.3, -0.25) is 4.99 Å². The Morgan fingerprint density at radius 2 is 2.53 bits per heavy atom. The van der Waals surface area contributed by atoms with Gasteiger partial charge in [0.05, 0.1) is 12.3 Å². The Hall–Kier alpha value is -0.900. The number of nitrogens with one attached hydrogen (secondary N) is 1. The second kappa shape index (κ2) is 6.15. The van der Waals surface area contributed by atoms with Crippen LogP contribution >= 0.6 is 11.8 Å². The van der Waals surface area contributed by atoms with Crippen molar-refractivity contribution in [3.05, 3.63) is 24.2 Å². The average Bonchev–Trinajstić information content (AvgIpc) is 2.82. The number of aliphatic imine (C=N–C) groups is 1. The molecule has 1 aromatic rings. The molecular formula is C13H20N2OS. The molecule has 1 aromatic heterocycles. The van der Waals surface area contributed by atoms with Gasteiger partial charge in [0.2, 0.25) is 0 Å². The molecule has 0 bridgehead atoms. The third-order valence-corrected chi connectivity index (χ3v) is 3.85. The highest BCUT2D eigenvalue weighted by Gasteiger charge is 2.15. The summed E-state index contributed by atoms with van der Waals surface area (Å²) in [5.41, 5.74) is 0. The van der Waals surface area contributed by atoms with Gasteiger partial charge in [0.25, 0.3) is 0 Å². The molecule has 4 heteroatoms. The van der Waals surface area contributed by atoms with Gasteiger partial charge in [-0.2, -0.15) is 0 Å². The lowest BCUT2D eigenvalue weighted by Crippen LogP contribution is -2.35. The molecule has 0 aliphatic carbocycles. The number of amidine groups is 1. The van der Waals surface area contributed by atoms with Crippen LogP contribution in [-0.2, 0) is 6.42 Å². The average molecular weight is 252 g/mol. The summed E-state index contributed by atoms with van der Waals surface area (Å²) in [6.07, 6.45) is 4.97. The van der Waals surface area contributed by atoms with Crippen molar-refractivity contribution in [2.45, 2.75) is 45.2 Å². The number of nitrogens with zero attached hydrogens (tertiary/aromatic N) is 1. The molecule has 0 saturated carbocycles. The van der Waals surface area contributed by atoms with Gasteiger partial charge in [0, 0.05) is 18.2 Å². The van der Waals surface area contributed by atoms with Gasteiger partial charge in [0.1, 0.15) is 5.76 Å². The van der Waals surface area contributed by atoms with E-state index in [2.05, 4.69) is 19.2 Å². The fourth-order valence-electron chi connectivity index (χ4n) is 1.93. The largest absolute Gasteiger partial charge is 0.469 e. The molecule has 2 atom stereocenters. The van der Waals surface area contributed by atoms with Crippen LogP contribution < -0.4 is 5.32 Å². The highest BCUT2D eigenvalue weighted by Crippen LogP contribution is 2.18. The van der Waals surface area contributed by atoms with Crippen LogP contribution in [0.5, 0.6) is 0 Å². The van der Waals surface area contributed by atoms with Gasteiger partial charge in [-0.15, -0.1) is 0 Å². The molecule has 17 heavy (non-hydrogen) atoms. The lowest BCUT2D eigenvalue weighted by atomic mass is 10.2. The van der Waals surface area contributed by atoms with E-state index in [0.717, 1.165) is 23.8 Å². The number of furan rings is 1. The zero-order chi connectivity index (χ0) is 12.1. The Morgan fingerprint density at radius 1 is 1.65 bits per heavy atom. The minimum Gasteiger partial charge on any atom is -0.469 e. The predicted molar refractivity (Wildman–Crippen MR) is 73.6 cm³/mol. The predicted octanol–water partition coefficient (Wildman–Crippen LogP) is 3.07. The lowest BCUT2D eigenvalue weighted by molar-refractivity contribution is 0.482. The molecule has 2 unspecified atom stereocenters. The first-order chi connectivity index (χ1) is 8.28. The number of hydrogen-bond acceptors (Lipinski definition) is 4. The quantitative estimate of drug-likeness (QED) is 0.895. The molecule has 0 saturated heterocycles. The smallest absolute Gasteiger partial charge is 0.157 e. The summed E-state index contributed by atoms with van der Waals surface area (Å²) in [5, 5.41) is 4.57.